The Hall–Kier alpha value is -0.170. The minimum atomic E-state index is -3.03. The Morgan fingerprint density at radius 1 is 1.10 bits per heavy atom. The van der Waals surface area contributed by atoms with Gasteiger partial charge in [-0.15, -0.1) is 0 Å². The largest absolute Gasteiger partial charge is 0.314 e. The van der Waals surface area contributed by atoms with E-state index in [1.807, 2.05) is 0 Å². The van der Waals surface area contributed by atoms with Crippen LogP contribution >= 0.6 is 0 Å². The smallest absolute Gasteiger partial charge is 0.214 e. The van der Waals surface area contributed by atoms with Crippen molar-refractivity contribution < 1.29 is 8.42 Å². The van der Waals surface area contributed by atoms with E-state index >= 15 is 0 Å². The third-order valence-electron chi connectivity index (χ3n) is 4.10. The molecule has 1 aliphatic carbocycles. The molecule has 5 nitrogen and oxygen atoms in total. The first kappa shape index (κ1) is 16.2. The predicted octanol–water partition coefficient (Wildman–Crippen LogP) is 0.876. The van der Waals surface area contributed by atoms with Crippen LogP contribution in [0, 0.1) is 0 Å². The summed E-state index contributed by atoms with van der Waals surface area (Å²) in [6.07, 6.45) is 5.46. The highest BCUT2D eigenvalue weighted by molar-refractivity contribution is 7.89. The summed E-state index contributed by atoms with van der Waals surface area (Å²) in [6.45, 7) is 7.32. The highest BCUT2D eigenvalue weighted by atomic mass is 32.2. The number of rotatable bonds is 9. The second-order valence-electron chi connectivity index (χ2n) is 5.99. The molecule has 0 radical (unpaired) electrons. The molecular weight excluding hydrogens is 274 g/mol. The molecule has 0 unspecified atom stereocenters. The van der Waals surface area contributed by atoms with Crippen LogP contribution in [0.2, 0.25) is 0 Å². The Morgan fingerprint density at radius 3 is 2.40 bits per heavy atom. The van der Waals surface area contributed by atoms with Crippen molar-refractivity contribution in [3.63, 3.8) is 0 Å². The Balaban J connectivity index is 1.62. The van der Waals surface area contributed by atoms with Crippen LogP contribution < -0.4 is 5.32 Å². The van der Waals surface area contributed by atoms with Crippen LogP contribution in [0.3, 0.4) is 0 Å². The second kappa shape index (κ2) is 7.73. The van der Waals surface area contributed by atoms with Gasteiger partial charge in [-0.2, -0.15) is 4.31 Å². The van der Waals surface area contributed by atoms with E-state index < -0.39 is 10.0 Å². The van der Waals surface area contributed by atoms with Gasteiger partial charge in [0.25, 0.3) is 0 Å². The quantitative estimate of drug-likeness (QED) is 0.642. The number of hydrogen-bond acceptors (Lipinski definition) is 4. The molecule has 1 saturated carbocycles. The number of nitrogens with one attached hydrogen (secondary N) is 1. The Morgan fingerprint density at radius 2 is 1.80 bits per heavy atom. The summed E-state index contributed by atoms with van der Waals surface area (Å²) in [5.41, 5.74) is 0. The van der Waals surface area contributed by atoms with Gasteiger partial charge in [-0.1, -0.05) is 6.92 Å². The van der Waals surface area contributed by atoms with Gasteiger partial charge >= 0.3 is 0 Å². The third-order valence-corrected chi connectivity index (χ3v) is 6.06. The lowest BCUT2D eigenvalue weighted by molar-refractivity contribution is 0.188. The minimum absolute atomic E-state index is 0.313. The van der Waals surface area contributed by atoms with Gasteiger partial charge in [0.15, 0.2) is 0 Å². The topological polar surface area (TPSA) is 52.7 Å². The monoisotopic (exact) mass is 303 g/mol. The fourth-order valence-corrected chi connectivity index (χ4v) is 4.23. The summed E-state index contributed by atoms with van der Waals surface area (Å²) in [4.78, 5) is 2.35. The van der Waals surface area contributed by atoms with E-state index in [-0.39, 0.29) is 0 Å². The van der Waals surface area contributed by atoms with Gasteiger partial charge in [0.1, 0.15) is 0 Å². The third kappa shape index (κ3) is 5.31. The zero-order valence-electron chi connectivity index (χ0n) is 12.7. The molecule has 0 aromatic heterocycles. The molecule has 0 atom stereocenters. The number of nitrogens with zero attached hydrogens (tertiary/aromatic N) is 2. The lowest BCUT2D eigenvalue weighted by Gasteiger charge is -2.33. The molecule has 1 heterocycles. The van der Waals surface area contributed by atoms with E-state index in [4.69, 9.17) is 0 Å². The maximum absolute atomic E-state index is 12.2. The Kier molecular flexibility index (Phi) is 6.26. The lowest BCUT2D eigenvalue weighted by atomic mass is 10.3. The van der Waals surface area contributed by atoms with E-state index in [1.54, 1.807) is 4.31 Å². The van der Waals surface area contributed by atoms with Crippen molar-refractivity contribution in [2.45, 2.75) is 45.1 Å². The van der Waals surface area contributed by atoms with E-state index in [0.29, 0.717) is 18.8 Å². The van der Waals surface area contributed by atoms with Crippen molar-refractivity contribution in [2.24, 2.45) is 0 Å². The normalized spacial score (nSPS) is 22.2. The molecule has 1 saturated heterocycles. The fraction of sp³-hybridized carbons (Fsp3) is 1.00. The second-order valence-corrected chi connectivity index (χ2v) is 8.08. The van der Waals surface area contributed by atoms with Gasteiger partial charge in [0.05, 0.1) is 5.75 Å². The van der Waals surface area contributed by atoms with Crippen molar-refractivity contribution in [2.75, 3.05) is 45.0 Å². The summed E-state index contributed by atoms with van der Waals surface area (Å²) >= 11 is 0. The molecule has 0 spiro atoms. The van der Waals surface area contributed by atoms with E-state index in [9.17, 15) is 8.42 Å². The first-order valence-electron chi connectivity index (χ1n) is 8.05. The number of sulfonamides is 1. The van der Waals surface area contributed by atoms with Crippen LogP contribution in [0.15, 0.2) is 0 Å². The van der Waals surface area contributed by atoms with Crippen LogP contribution in [-0.4, -0.2) is 68.7 Å². The van der Waals surface area contributed by atoms with Crippen LogP contribution in [0.1, 0.15) is 39.0 Å². The fourth-order valence-electron chi connectivity index (χ4n) is 2.68. The molecule has 1 aliphatic heterocycles. The summed E-state index contributed by atoms with van der Waals surface area (Å²) in [5.74, 6) is 0.313. The summed E-state index contributed by atoms with van der Waals surface area (Å²) in [6, 6.07) is 0.721. The first-order chi connectivity index (χ1) is 9.62. The average Bonchev–Trinajstić information content (AvgIpc) is 3.23. The van der Waals surface area contributed by atoms with Crippen LogP contribution in [0.4, 0.5) is 0 Å². The number of hydrogen-bond donors (Lipinski definition) is 1. The predicted molar refractivity (Wildman–Crippen MR) is 82.3 cm³/mol. The van der Waals surface area contributed by atoms with Crippen LogP contribution in [0.25, 0.3) is 0 Å². The van der Waals surface area contributed by atoms with E-state index in [0.717, 1.165) is 51.5 Å². The van der Waals surface area contributed by atoms with Crippen molar-refractivity contribution in [3.8, 4) is 0 Å². The maximum atomic E-state index is 12.2. The molecule has 2 rings (SSSR count). The molecule has 6 heteroatoms. The standard InChI is InChI=1S/C14H29N3O2S/c1-2-8-16-9-11-17(12-10-16)20(18,19)13-4-3-7-15-14-5-6-14/h14-15H,2-13H2,1H3. The molecule has 0 amide bonds. The van der Waals surface area contributed by atoms with Crippen LogP contribution in [0.5, 0.6) is 0 Å². The van der Waals surface area contributed by atoms with Gasteiger partial charge in [-0.05, 0) is 45.2 Å². The maximum Gasteiger partial charge on any atom is 0.214 e. The Bertz CT molecular complexity index is 374. The molecule has 0 aromatic carbocycles. The summed E-state index contributed by atoms with van der Waals surface area (Å²) in [5, 5.41) is 3.43. The average molecular weight is 303 g/mol. The lowest BCUT2D eigenvalue weighted by Crippen LogP contribution is -2.49. The Labute approximate surface area is 123 Å². The molecule has 1 N–H and O–H groups in total. The van der Waals surface area contributed by atoms with Gasteiger partial charge in [-0.25, -0.2) is 8.42 Å². The molecule has 2 aliphatic rings. The summed E-state index contributed by atoms with van der Waals surface area (Å²) < 4.78 is 26.2. The molecule has 0 aromatic rings. The highest BCUT2D eigenvalue weighted by Crippen LogP contribution is 2.18. The van der Waals surface area contributed by atoms with Crippen molar-refractivity contribution in [3.05, 3.63) is 0 Å². The van der Waals surface area contributed by atoms with Crippen molar-refractivity contribution in [1.82, 2.24) is 14.5 Å². The molecule has 20 heavy (non-hydrogen) atoms. The van der Waals surface area contributed by atoms with Gasteiger partial charge in [-0.3, -0.25) is 0 Å². The zero-order chi connectivity index (χ0) is 14.4. The molecule has 118 valence electrons. The molecular formula is C14H29N3O2S. The van der Waals surface area contributed by atoms with Gasteiger partial charge in [0.2, 0.25) is 10.0 Å². The van der Waals surface area contributed by atoms with Crippen molar-refractivity contribution >= 4 is 10.0 Å². The first-order valence-corrected chi connectivity index (χ1v) is 9.66. The van der Waals surface area contributed by atoms with Crippen molar-refractivity contribution in [1.29, 1.82) is 0 Å². The van der Waals surface area contributed by atoms with Crippen LogP contribution in [-0.2, 0) is 10.0 Å². The number of piperazine rings is 1. The van der Waals surface area contributed by atoms with Gasteiger partial charge < -0.3 is 10.2 Å². The van der Waals surface area contributed by atoms with E-state index in [1.165, 1.54) is 12.8 Å². The number of unbranched alkanes of at least 4 members (excludes halogenated alkanes) is 1. The SMILES string of the molecule is CCCN1CCN(S(=O)(=O)CCCCNC2CC2)CC1. The summed E-state index contributed by atoms with van der Waals surface area (Å²) in [7, 11) is -3.03. The van der Waals surface area contributed by atoms with E-state index in [2.05, 4.69) is 17.1 Å². The molecule has 0 bridgehead atoms. The minimum Gasteiger partial charge on any atom is -0.314 e. The highest BCUT2D eigenvalue weighted by Gasteiger charge is 2.26. The van der Waals surface area contributed by atoms with Gasteiger partial charge in [0, 0.05) is 32.2 Å². The zero-order valence-corrected chi connectivity index (χ0v) is 13.5. The molecule has 2 fully saturated rings.